The minimum atomic E-state index is -0.757. The first-order chi connectivity index (χ1) is 26.4. The summed E-state index contributed by atoms with van der Waals surface area (Å²) >= 11 is 0. The molecule has 0 bridgehead atoms. The highest BCUT2D eigenvalue weighted by molar-refractivity contribution is 5.71. The van der Waals surface area contributed by atoms with Crippen molar-refractivity contribution in [3.8, 4) is 0 Å². The summed E-state index contributed by atoms with van der Waals surface area (Å²) in [6.45, 7) is 8.93. The fourth-order valence-corrected chi connectivity index (χ4v) is 7.16. The lowest BCUT2D eigenvalue weighted by Gasteiger charge is -2.18. The fourth-order valence-electron chi connectivity index (χ4n) is 7.16. The maximum absolute atomic E-state index is 12.5. The van der Waals surface area contributed by atoms with Crippen LogP contribution in [0.15, 0.2) is 0 Å². The first-order valence-corrected chi connectivity index (χ1v) is 23.9. The average Bonchev–Trinajstić information content (AvgIpc) is 3.15. The Bertz CT molecular complexity index is 811. The Hall–Kier alpha value is -1.59. The van der Waals surface area contributed by atoms with Gasteiger partial charge in [0.1, 0.15) is 13.2 Å². The van der Waals surface area contributed by atoms with E-state index >= 15 is 0 Å². The van der Waals surface area contributed by atoms with E-state index in [1.807, 2.05) is 0 Å². The smallest absolute Gasteiger partial charge is 0.306 e. The lowest BCUT2D eigenvalue weighted by atomic mass is 10.0. The Morgan fingerprint density at radius 2 is 0.611 bits per heavy atom. The number of hydrogen-bond acceptors (Lipinski definition) is 6. The molecule has 0 spiro atoms. The number of esters is 3. The van der Waals surface area contributed by atoms with Crippen LogP contribution in [0.1, 0.15) is 265 Å². The number of ether oxygens (including phenoxy) is 3. The van der Waals surface area contributed by atoms with Crippen LogP contribution in [0.2, 0.25) is 0 Å². The van der Waals surface area contributed by atoms with Gasteiger partial charge in [-0.2, -0.15) is 0 Å². The number of rotatable bonds is 43. The molecule has 0 aliphatic carbocycles. The zero-order valence-corrected chi connectivity index (χ0v) is 36.7. The highest BCUT2D eigenvalue weighted by Crippen LogP contribution is 2.17. The van der Waals surface area contributed by atoms with E-state index in [4.69, 9.17) is 14.2 Å². The molecule has 6 heteroatoms. The highest BCUT2D eigenvalue weighted by Gasteiger charge is 2.19. The molecular formula is C48H92O6. The van der Waals surface area contributed by atoms with E-state index in [0.717, 1.165) is 70.1 Å². The molecule has 0 aromatic rings. The van der Waals surface area contributed by atoms with Gasteiger partial charge in [-0.05, 0) is 25.2 Å². The van der Waals surface area contributed by atoms with Gasteiger partial charge in [0, 0.05) is 19.3 Å². The van der Waals surface area contributed by atoms with Crippen molar-refractivity contribution in [2.75, 3.05) is 13.2 Å². The maximum atomic E-state index is 12.5. The van der Waals surface area contributed by atoms with Crippen molar-refractivity contribution in [3.63, 3.8) is 0 Å². The van der Waals surface area contributed by atoms with Crippen molar-refractivity contribution in [2.24, 2.45) is 5.92 Å². The van der Waals surface area contributed by atoms with Crippen LogP contribution in [0, 0.1) is 5.92 Å². The minimum absolute atomic E-state index is 0.0649. The van der Waals surface area contributed by atoms with Gasteiger partial charge in [-0.3, -0.25) is 14.4 Å². The van der Waals surface area contributed by atoms with Crippen molar-refractivity contribution in [2.45, 2.75) is 271 Å². The van der Waals surface area contributed by atoms with E-state index in [1.54, 1.807) is 0 Å². The standard InChI is InChI=1S/C48H92O6/c1-5-7-9-11-12-13-25-28-32-35-39-46(49)52-42-45(54-48(51)41-37-30-10-8-6-2)43-53-47(50)40-36-33-29-26-23-21-19-17-15-14-16-18-20-22-24-27-31-34-38-44(3)4/h44-45H,5-43H2,1-4H3/t45-/m0/s1. The van der Waals surface area contributed by atoms with Crippen molar-refractivity contribution in [1.29, 1.82) is 0 Å². The SMILES string of the molecule is CCCCCCCCCCCCC(=O)OC[C@@H](COC(=O)CCCCCCCCCCCCCCCCCCCCC(C)C)OC(=O)CCCCCCC. The summed E-state index contributed by atoms with van der Waals surface area (Å²) in [4.78, 5) is 37.4. The zero-order valence-electron chi connectivity index (χ0n) is 36.7. The van der Waals surface area contributed by atoms with E-state index in [2.05, 4.69) is 27.7 Å². The Labute approximate surface area is 336 Å². The predicted molar refractivity (Wildman–Crippen MR) is 229 cm³/mol. The number of carbonyl (C=O) groups is 3. The third-order valence-corrected chi connectivity index (χ3v) is 10.8. The van der Waals surface area contributed by atoms with Gasteiger partial charge < -0.3 is 14.2 Å². The molecule has 0 heterocycles. The van der Waals surface area contributed by atoms with E-state index in [9.17, 15) is 14.4 Å². The molecule has 0 radical (unpaired) electrons. The zero-order chi connectivity index (χ0) is 39.6. The Morgan fingerprint density at radius 1 is 0.352 bits per heavy atom. The van der Waals surface area contributed by atoms with Crippen LogP contribution in [0.5, 0.6) is 0 Å². The predicted octanol–water partition coefficient (Wildman–Crippen LogP) is 15.1. The first kappa shape index (κ1) is 52.4. The summed E-state index contributed by atoms with van der Waals surface area (Å²) in [5, 5.41) is 0. The molecule has 0 aromatic heterocycles. The molecule has 6 nitrogen and oxygen atoms in total. The minimum Gasteiger partial charge on any atom is -0.462 e. The van der Waals surface area contributed by atoms with Gasteiger partial charge in [0.05, 0.1) is 0 Å². The lowest BCUT2D eigenvalue weighted by molar-refractivity contribution is -0.167. The molecule has 0 unspecified atom stereocenters. The van der Waals surface area contributed by atoms with Gasteiger partial charge in [-0.25, -0.2) is 0 Å². The summed E-state index contributed by atoms with van der Waals surface area (Å²) in [6.07, 6.45) is 42.7. The normalized spacial score (nSPS) is 11.9. The second-order valence-electron chi connectivity index (χ2n) is 16.9. The van der Waals surface area contributed by atoms with E-state index in [1.165, 1.54) is 154 Å². The lowest BCUT2D eigenvalue weighted by Crippen LogP contribution is -2.30. The topological polar surface area (TPSA) is 78.9 Å². The van der Waals surface area contributed by atoms with Crippen LogP contribution >= 0.6 is 0 Å². The van der Waals surface area contributed by atoms with Gasteiger partial charge in [-0.15, -0.1) is 0 Å². The molecule has 0 amide bonds. The van der Waals surface area contributed by atoms with Gasteiger partial charge in [0.15, 0.2) is 6.10 Å². The van der Waals surface area contributed by atoms with Crippen molar-refractivity contribution in [1.82, 2.24) is 0 Å². The van der Waals surface area contributed by atoms with Crippen molar-refractivity contribution in [3.05, 3.63) is 0 Å². The second kappa shape index (κ2) is 42.6. The summed E-state index contributed by atoms with van der Waals surface area (Å²) < 4.78 is 16.6. The maximum Gasteiger partial charge on any atom is 0.306 e. The molecule has 1 atom stereocenters. The van der Waals surface area contributed by atoms with E-state index in [0.29, 0.717) is 19.3 Å². The molecule has 0 N–H and O–H groups in total. The van der Waals surface area contributed by atoms with Crippen LogP contribution in [-0.2, 0) is 28.6 Å². The molecule has 0 aliphatic rings. The number of unbranched alkanes of at least 4 members (excludes halogenated alkanes) is 30. The highest BCUT2D eigenvalue weighted by atomic mass is 16.6. The van der Waals surface area contributed by atoms with Gasteiger partial charge in [0.25, 0.3) is 0 Å². The molecule has 0 aliphatic heterocycles. The van der Waals surface area contributed by atoms with Crippen LogP contribution in [0.25, 0.3) is 0 Å². The number of carbonyl (C=O) groups excluding carboxylic acids is 3. The van der Waals surface area contributed by atoms with Crippen LogP contribution in [0.3, 0.4) is 0 Å². The molecule has 0 aromatic carbocycles. The summed E-state index contributed by atoms with van der Waals surface area (Å²) in [5.41, 5.74) is 0. The first-order valence-electron chi connectivity index (χ1n) is 23.9. The average molecular weight is 765 g/mol. The molecule has 0 fully saturated rings. The molecule has 0 saturated heterocycles. The quantitative estimate of drug-likeness (QED) is 0.0349. The summed E-state index contributed by atoms with van der Waals surface area (Å²) in [7, 11) is 0. The van der Waals surface area contributed by atoms with Crippen LogP contribution in [-0.4, -0.2) is 37.2 Å². The van der Waals surface area contributed by atoms with E-state index < -0.39 is 6.10 Å². The second-order valence-corrected chi connectivity index (χ2v) is 16.9. The summed E-state index contributed by atoms with van der Waals surface area (Å²) in [5.74, 6) is -0.00882. The third-order valence-electron chi connectivity index (χ3n) is 10.8. The molecule has 54 heavy (non-hydrogen) atoms. The van der Waals surface area contributed by atoms with Crippen molar-refractivity contribution >= 4 is 17.9 Å². The Morgan fingerprint density at radius 3 is 0.907 bits per heavy atom. The monoisotopic (exact) mass is 765 g/mol. The molecule has 0 rings (SSSR count). The van der Waals surface area contributed by atoms with Gasteiger partial charge >= 0.3 is 17.9 Å². The Balaban J connectivity index is 4.00. The fraction of sp³-hybridized carbons (Fsp3) is 0.938. The van der Waals surface area contributed by atoms with Gasteiger partial charge in [-0.1, -0.05) is 227 Å². The largest absolute Gasteiger partial charge is 0.462 e. The van der Waals surface area contributed by atoms with E-state index in [-0.39, 0.29) is 31.1 Å². The van der Waals surface area contributed by atoms with Crippen LogP contribution in [0.4, 0.5) is 0 Å². The van der Waals surface area contributed by atoms with Crippen LogP contribution < -0.4 is 0 Å². The molecular weight excluding hydrogens is 673 g/mol. The van der Waals surface area contributed by atoms with Gasteiger partial charge in [0.2, 0.25) is 0 Å². The number of hydrogen-bond donors (Lipinski definition) is 0. The Kier molecular flexibility index (Phi) is 41.3. The van der Waals surface area contributed by atoms with Crippen molar-refractivity contribution < 1.29 is 28.6 Å². The molecule has 0 saturated carbocycles. The third kappa shape index (κ3) is 41.6. The molecule has 320 valence electrons. The summed E-state index contributed by atoms with van der Waals surface area (Å²) in [6, 6.07) is 0.